The zero-order valence-corrected chi connectivity index (χ0v) is 15.7. The Balaban J connectivity index is 1.56. The molecule has 0 aliphatic heterocycles. The van der Waals surface area contributed by atoms with E-state index in [4.69, 9.17) is 5.73 Å². The van der Waals surface area contributed by atoms with E-state index in [-0.39, 0.29) is 12.3 Å². The van der Waals surface area contributed by atoms with E-state index in [2.05, 4.69) is 53.8 Å². The molecule has 0 spiro atoms. The van der Waals surface area contributed by atoms with Gasteiger partial charge in [0, 0.05) is 0 Å². The maximum Gasteiger partial charge on any atom is 0.251 e. The van der Waals surface area contributed by atoms with Crippen LogP contribution in [-0.2, 0) is 11.2 Å². The van der Waals surface area contributed by atoms with Crippen LogP contribution in [0.2, 0.25) is 0 Å². The number of carbonyl (C=O) groups is 2. The molecule has 4 nitrogen and oxygen atoms in total. The van der Waals surface area contributed by atoms with Gasteiger partial charge in [0.15, 0.2) is 0 Å². The summed E-state index contributed by atoms with van der Waals surface area (Å²) >= 11 is 1.29. The van der Waals surface area contributed by atoms with Crippen LogP contribution in [0.15, 0.2) is 66.0 Å². The highest BCUT2D eigenvalue weighted by atomic mass is 32.1. The van der Waals surface area contributed by atoms with Gasteiger partial charge in [0.05, 0.1) is 12.0 Å². The highest BCUT2D eigenvalue weighted by Crippen LogP contribution is 2.36. The Morgan fingerprint density at radius 1 is 0.857 bits per heavy atom. The molecule has 28 heavy (non-hydrogen) atoms. The van der Waals surface area contributed by atoms with Crippen LogP contribution in [0.3, 0.4) is 0 Å². The van der Waals surface area contributed by atoms with E-state index in [0.717, 1.165) is 16.3 Å². The van der Waals surface area contributed by atoms with Crippen LogP contribution in [0, 0.1) is 0 Å². The van der Waals surface area contributed by atoms with Crippen molar-refractivity contribution in [3.63, 3.8) is 0 Å². The first-order valence-corrected chi connectivity index (χ1v) is 9.82. The van der Waals surface area contributed by atoms with Crippen molar-refractivity contribution >= 4 is 60.5 Å². The molecule has 136 valence electrons. The lowest BCUT2D eigenvalue weighted by atomic mass is 9.91. The molecule has 4 aromatic carbocycles. The Bertz CT molecular complexity index is 1350. The molecule has 0 fully saturated rings. The Morgan fingerprint density at radius 3 is 2.29 bits per heavy atom. The van der Waals surface area contributed by atoms with Crippen molar-refractivity contribution in [2.24, 2.45) is 5.73 Å². The first kappa shape index (κ1) is 16.7. The second kappa shape index (κ2) is 6.32. The van der Waals surface area contributed by atoms with Crippen LogP contribution in [0.4, 0.5) is 5.00 Å². The van der Waals surface area contributed by atoms with Crippen molar-refractivity contribution in [3.8, 4) is 0 Å². The average molecular weight is 384 g/mol. The number of carbonyl (C=O) groups excluding carboxylic acids is 2. The first-order valence-electron chi connectivity index (χ1n) is 8.94. The normalized spacial score (nSPS) is 11.4. The fourth-order valence-electron chi connectivity index (χ4n) is 3.89. The number of hydrogen-bond acceptors (Lipinski definition) is 3. The number of amides is 2. The molecule has 1 heterocycles. The Hall–Kier alpha value is -3.44. The first-order chi connectivity index (χ1) is 13.6. The molecule has 0 bridgehead atoms. The van der Waals surface area contributed by atoms with Crippen molar-refractivity contribution in [2.75, 3.05) is 5.32 Å². The van der Waals surface area contributed by atoms with E-state index in [1.165, 1.54) is 32.9 Å². The van der Waals surface area contributed by atoms with Gasteiger partial charge in [-0.3, -0.25) is 9.59 Å². The molecule has 3 N–H and O–H groups in total. The third-order valence-electron chi connectivity index (χ3n) is 5.15. The molecular weight excluding hydrogens is 368 g/mol. The zero-order valence-electron chi connectivity index (χ0n) is 14.9. The Kier molecular flexibility index (Phi) is 3.77. The smallest absolute Gasteiger partial charge is 0.251 e. The van der Waals surface area contributed by atoms with Gasteiger partial charge in [-0.15, -0.1) is 11.3 Å². The van der Waals surface area contributed by atoms with E-state index in [9.17, 15) is 9.59 Å². The quantitative estimate of drug-likeness (QED) is 0.432. The predicted octanol–water partition coefficient (Wildman–Crippen LogP) is 4.93. The molecule has 2 amide bonds. The summed E-state index contributed by atoms with van der Waals surface area (Å²) in [6.45, 7) is 0. The fraction of sp³-hybridized carbons (Fsp3) is 0.0435. The molecule has 5 heteroatoms. The standard InChI is InChI=1S/C23H16N2O2S/c24-22(27)18-10-11-28-23(18)25-19(26)12-16-7-6-15-5-4-13-2-1-3-14-8-9-17(16)21(15)20(13)14/h1-11H,12H2,(H2,24,27)(H,25,26). The summed E-state index contributed by atoms with van der Waals surface area (Å²) in [5.74, 6) is -0.709. The number of anilines is 1. The van der Waals surface area contributed by atoms with Crippen LogP contribution in [-0.4, -0.2) is 11.8 Å². The third kappa shape index (κ3) is 2.60. The van der Waals surface area contributed by atoms with Crippen molar-refractivity contribution in [1.29, 1.82) is 0 Å². The van der Waals surface area contributed by atoms with Crippen LogP contribution in [0.1, 0.15) is 15.9 Å². The van der Waals surface area contributed by atoms with Crippen LogP contribution in [0.25, 0.3) is 32.3 Å². The lowest BCUT2D eigenvalue weighted by Crippen LogP contribution is -2.18. The summed E-state index contributed by atoms with van der Waals surface area (Å²) in [4.78, 5) is 24.1. The lowest BCUT2D eigenvalue weighted by molar-refractivity contribution is -0.115. The summed E-state index contributed by atoms with van der Waals surface area (Å²) in [7, 11) is 0. The van der Waals surface area contributed by atoms with Gasteiger partial charge in [0.25, 0.3) is 5.91 Å². The SMILES string of the molecule is NC(=O)c1ccsc1NC(=O)Cc1ccc2ccc3cccc4ccc1c2c34. The lowest BCUT2D eigenvalue weighted by Gasteiger charge is -2.14. The maximum absolute atomic E-state index is 12.7. The molecule has 0 aliphatic carbocycles. The van der Waals surface area contributed by atoms with Crippen molar-refractivity contribution in [2.45, 2.75) is 6.42 Å². The largest absolute Gasteiger partial charge is 0.366 e. The molecule has 0 unspecified atom stereocenters. The van der Waals surface area contributed by atoms with Crippen LogP contribution in [0.5, 0.6) is 0 Å². The minimum absolute atomic E-state index is 0.167. The summed E-state index contributed by atoms with van der Waals surface area (Å²) < 4.78 is 0. The van der Waals surface area contributed by atoms with Crippen molar-refractivity contribution < 1.29 is 9.59 Å². The summed E-state index contributed by atoms with van der Waals surface area (Å²) in [5.41, 5.74) is 6.66. The molecule has 0 saturated heterocycles. The van der Waals surface area contributed by atoms with Gasteiger partial charge in [-0.2, -0.15) is 0 Å². The minimum Gasteiger partial charge on any atom is -0.366 e. The number of nitrogens with one attached hydrogen (secondary N) is 1. The predicted molar refractivity (Wildman–Crippen MR) is 115 cm³/mol. The molecule has 0 radical (unpaired) electrons. The fourth-order valence-corrected chi connectivity index (χ4v) is 4.70. The summed E-state index contributed by atoms with van der Waals surface area (Å²) in [5, 5.41) is 12.1. The summed E-state index contributed by atoms with van der Waals surface area (Å²) in [6.07, 6.45) is 0.226. The number of primary amides is 1. The minimum atomic E-state index is -0.542. The molecule has 5 aromatic rings. The maximum atomic E-state index is 12.7. The molecule has 5 rings (SSSR count). The van der Waals surface area contributed by atoms with Crippen molar-refractivity contribution in [1.82, 2.24) is 0 Å². The number of nitrogens with two attached hydrogens (primary N) is 1. The van der Waals surface area contributed by atoms with E-state index >= 15 is 0 Å². The Labute approximate surface area is 164 Å². The van der Waals surface area contributed by atoms with Gasteiger partial charge in [-0.05, 0) is 49.3 Å². The topological polar surface area (TPSA) is 72.2 Å². The molecular formula is C23H16N2O2S. The van der Waals surface area contributed by atoms with Crippen molar-refractivity contribution in [3.05, 3.63) is 77.2 Å². The summed E-state index contributed by atoms with van der Waals surface area (Å²) in [6, 6.07) is 20.4. The van der Waals surface area contributed by atoms with Gasteiger partial charge in [0.1, 0.15) is 5.00 Å². The molecule has 0 atom stereocenters. The van der Waals surface area contributed by atoms with Gasteiger partial charge in [-0.1, -0.05) is 54.6 Å². The second-order valence-electron chi connectivity index (χ2n) is 6.83. The third-order valence-corrected chi connectivity index (χ3v) is 5.98. The Morgan fingerprint density at radius 2 is 1.54 bits per heavy atom. The monoisotopic (exact) mass is 384 g/mol. The highest BCUT2D eigenvalue weighted by Gasteiger charge is 2.15. The van der Waals surface area contributed by atoms with Crippen LogP contribution >= 0.6 is 11.3 Å². The zero-order chi connectivity index (χ0) is 19.3. The second-order valence-corrected chi connectivity index (χ2v) is 7.75. The van der Waals surface area contributed by atoms with E-state index in [1.807, 2.05) is 6.07 Å². The average Bonchev–Trinajstić information content (AvgIpc) is 3.15. The van der Waals surface area contributed by atoms with E-state index in [0.29, 0.717) is 10.6 Å². The number of benzene rings is 4. The number of hydrogen-bond donors (Lipinski definition) is 2. The van der Waals surface area contributed by atoms with E-state index < -0.39 is 5.91 Å². The molecule has 0 aliphatic rings. The molecule has 0 saturated carbocycles. The van der Waals surface area contributed by atoms with Gasteiger partial charge in [-0.25, -0.2) is 0 Å². The van der Waals surface area contributed by atoms with Gasteiger partial charge >= 0.3 is 0 Å². The van der Waals surface area contributed by atoms with Crippen LogP contribution < -0.4 is 11.1 Å². The molecule has 1 aromatic heterocycles. The van der Waals surface area contributed by atoms with Gasteiger partial charge < -0.3 is 11.1 Å². The highest BCUT2D eigenvalue weighted by molar-refractivity contribution is 7.14. The van der Waals surface area contributed by atoms with E-state index in [1.54, 1.807) is 11.4 Å². The number of thiophene rings is 1. The van der Waals surface area contributed by atoms with Gasteiger partial charge in [0.2, 0.25) is 5.91 Å². The number of rotatable bonds is 4.